The molecule has 16 heavy (non-hydrogen) atoms. The first-order valence-electron chi connectivity index (χ1n) is 6.47. The van der Waals surface area contributed by atoms with Crippen molar-refractivity contribution in [3.63, 3.8) is 0 Å². The summed E-state index contributed by atoms with van der Waals surface area (Å²) in [4.78, 5) is 0. The summed E-state index contributed by atoms with van der Waals surface area (Å²) < 4.78 is 2.30. The van der Waals surface area contributed by atoms with Gasteiger partial charge in [0.15, 0.2) is 0 Å². The molecule has 0 radical (unpaired) electrons. The average Bonchev–Trinajstić information content (AvgIpc) is 2.65. The van der Waals surface area contributed by atoms with Crippen molar-refractivity contribution >= 4 is 0 Å². The molecule has 0 aliphatic rings. The monoisotopic (exact) mass is 223 g/mol. The smallest absolute Gasteiger partial charge is 0.0832 e. The second-order valence-electron chi connectivity index (χ2n) is 4.91. The minimum atomic E-state index is 0.158. The van der Waals surface area contributed by atoms with E-state index in [1.165, 1.54) is 25.0 Å². The van der Waals surface area contributed by atoms with Crippen LogP contribution in [-0.4, -0.2) is 9.67 Å². The van der Waals surface area contributed by atoms with Gasteiger partial charge in [0.05, 0.1) is 6.61 Å². The van der Waals surface area contributed by atoms with Crippen molar-refractivity contribution in [2.45, 2.75) is 59.6 Å². The lowest BCUT2D eigenvalue weighted by atomic mass is 10.1. The molecule has 1 aromatic heterocycles. The van der Waals surface area contributed by atoms with Gasteiger partial charge in [0.2, 0.25) is 0 Å². The molecule has 92 valence electrons. The Morgan fingerprint density at radius 3 is 2.50 bits per heavy atom. The number of aromatic nitrogens is 1. The maximum atomic E-state index is 9.29. The van der Waals surface area contributed by atoms with Gasteiger partial charge in [-0.1, -0.05) is 27.2 Å². The molecule has 0 aliphatic heterocycles. The van der Waals surface area contributed by atoms with Gasteiger partial charge in [-0.25, -0.2) is 0 Å². The van der Waals surface area contributed by atoms with E-state index >= 15 is 0 Å². The Balaban J connectivity index is 2.70. The molecule has 0 amide bonds. The summed E-state index contributed by atoms with van der Waals surface area (Å²) in [5, 5.41) is 9.29. The van der Waals surface area contributed by atoms with E-state index in [4.69, 9.17) is 0 Å². The Bertz CT molecular complexity index is 302. The summed E-state index contributed by atoms with van der Waals surface area (Å²) in [6.07, 6.45) is 4.74. The largest absolute Gasteiger partial charge is 0.390 e. The quantitative estimate of drug-likeness (QED) is 0.753. The number of aryl methyl sites for hydroxylation is 1. The minimum absolute atomic E-state index is 0.158. The second-order valence-corrected chi connectivity index (χ2v) is 4.91. The lowest BCUT2D eigenvalue weighted by Gasteiger charge is -2.13. The van der Waals surface area contributed by atoms with Crippen molar-refractivity contribution < 1.29 is 5.11 Å². The van der Waals surface area contributed by atoms with Crippen LogP contribution in [0.3, 0.4) is 0 Å². The lowest BCUT2D eigenvalue weighted by molar-refractivity contribution is 0.269. The van der Waals surface area contributed by atoms with Crippen molar-refractivity contribution in [3.8, 4) is 0 Å². The number of aliphatic hydroxyl groups excluding tert-OH is 1. The van der Waals surface area contributed by atoms with Gasteiger partial charge in [-0.3, -0.25) is 0 Å². The van der Waals surface area contributed by atoms with Crippen LogP contribution in [0.4, 0.5) is 0 Å². The van der Waals surface area contributed by atoms with E-state index in [2.05, 4.69) is 37.5 Å². The van der Waals surface area contributed by atoms with Crippen molar-refractivity contribution in [3.05, 3.63) is 23.5 Å². The second kappa shape index (κ2) is 6.74. The van der Waals surface area contributed by atoms with Crippen LogP contribution in [0.15, 0.2) is 12.1 Å². The van der Waals surface area contributed by atoms with Crippen LogP contribution in [-0.2, 0) is 19.6 Å². The first-order chi connectivity index (χ1) is 7.69. The van der Waals surface area contributed by atoms with E-state index in [1.807, 2.05) is 0 Å². The third-order valence-corrected chi connectivity index (χ3v) is 3.04. The molecule has 0 saturated heterocycles. The molecule has 1 rings (SSSR count). The number of hydrogen-bond donors (Lipinski definition) is 1. The molecule has 2 nitrogen and oxygen atoms in total. The van der Waals surface area contributed by atoms with Gasteiger partial charge in [0, 0.05) is 17.9 Å². The molecule has 0 unspecified atom stereocenters. The maximum Gasteiger partial charge on any atom is 0.0832 e. The molecule has 0 aromatic carbocycles. The van der Waals surface area contributed by atoms with E-state index in [-0.39, 0.29) is 6.61 Å². The Labute approximate surface area is 99.3 Å². The van der Waals surface area contributed by atoms with Gasteiger partial charge in [0.25, 0.3) is 0 Å². The highest BCUT2D eigenvalue weighted by atomic mass is 16.3. The van der Waals surface area contributed by atoms with Gasteiger partial charge >= 0.3 is 0 Å². The van der Waals surface area contributed by atoms with Gasteiger partial charge < -0.3 is 9.67 Å². The Hall–Kier alpha value is -0.760. The molecule has 0 aliphatic carbocycles. The predicted molar refractivity (Wildman–Crippen MR) is 68.4 cm³/mol. The molecule has 0 bridgehead atoms. The van der Waals surface area contributed by atoms with Gasteiger partial charge in [-0.2, -0.15) is 0 Å². The van der Waals surface area contributed by atoms with Crippen LogP contribution in [0.1, 0.15) is 51.4 Å². The van der Waals surface area contributed by atoms with E-state index in [0.717, 1.165) is 24.6 Å². The van der Waals surface area contributed by atoms with Crippen molar-refractivity contribution in [2.75, 3.05) is 0 Å². The molecule has 0 spiro atoms. The summed E-state index contributed by atoms with van der Waals surface area (Å²) in [7, 11) is 0. The van der Waals surface area contributed by atoms with E-state index in [9.17, 15) is 5.11 Å². The van der Waals surface area contributed by atoms with Crippen molar-refractivity contribution in [2.24, 2.45) is 5.92 Å². The normalized spacial score (nSPS) is 11.3. The molecule has 0 saturated carbocycles. The summed E-state index contributed by atoms with van der Waals surface area (Å²) in [6.45, 7) is 7.92. The SMILES string of the molecule is CCCCn1c(CO)ccc1CCC(C)C. The zero-order valence-corrected chi connectivity index (χ0v) is 10.9. The van der Waals surface area contributed by atoms with E-state index in [0.29, 0.717) is 0 Å². The fourth-order valence-electron chi connectivity index (χ4n) is 1.95. The van der Waals surface area contributed by atoms with Crippen LogP contribution in [0, 0.1) is 5.92 Å². The molecule has 1 N–H and O–H groups in total. The number of hydrogen-bond acceptors (Lipinski definition) is 1. The van der Waals surface area contributed by atoms with Gasteiger partial charge in [-0.05, 0) is 37.3 Å². The average molecular weight is 223 g/mol. The molecule has 0 fully saturated rings. The van der Waals surface area contributed by atoms with Crippen LogP contribution >= 0.6 is 0 Å². The fourth-order valence-corrected chi connectivity index (χ4v) is 1.95. The van der Waals surface area contributed by atoms with Crippen LogP contribution < -0.4 is 0 Å². The standard InChI is InChI=1S/C14H25NO/c1-4-5-10-15-13(7-6-12(2)3)8-9-14(15)11-16/h8-9,12,16H,4-7,10-11H2,1-3H3. The molecular weight excluding hydrogens is 198 g/mol. The number of aliphatic hydroxyl groups is 1. The Kier molecular flexibility index (Phi) is 5.61. The predicted octanol–water partition coefficient (Wildman–Crippen LogP) is 3.37. The molecule has 1 heterocycles. The van der Waals surface area contributed by atoms with Crippen molar-refractivity contribution in [1.29, 1.82) is 0 Å². The molecule has 0 atom stereocenters. The van der Waals surface area contributed by atoms with E-state index in [1.54, 1.807) is 0 Å². The van der Waals surface area contributed by atoms with Gasteiger partial charge in [-0.15, -0.1) is 0 Å². The highest BCUT2D eigenvalue weighted by Crippen LogP contribution is 2.15. The topological polar surface area (TPSA) is 25.2 Å². The first kappa shape index (κ1) is 13.3. The Morgan fingerprint density at radius 2 is 1.94 bits per heavy atom. The molecule has 2 heteroatoms. The Morgan fingerprint density at radius 1 is 1.25 bits per heavy atom. The zero-order chi connectivity index (χ0) is 12.0. The number of nitrogens with zero attached hydrogens (tertiary/aromatic N) is 1. The minimum Gasteiger partial charge on any atom is -0.390 e. The number of unbranched alkanes of at least 4 members (excludes halogenated alkanes) is 1. The fraction of sp³-hybridized carbons (Fsp3) is 0.714. The van der Waals surface area contributed by atoms with Crippen molar-refractivity contribution in [1.82, 2.24) is 4.57 Å². The van der Waals surface area contributed by atoms with Crippen LogP contribution in [0.25, 0.3) is 0 Å². The summed E-state index contributed by atoms with van der Waals surface area (Å²) in [5.41, 5.74) is 2.44. The molecule has 1 aromatic rings. The van der Waals surface area contributed by atoms with E-state index < -0.39 is 0 Å². The summed E-state index contributed by atoms with van der Waals surface area (Å²) >= 11 is 0. The first-order valence-corrected chi connectivity index (χ1v) is 6.47. The highest BCUT2D eigenvalue weighted by Gasteiger charge is 2.07. The molecular formula is C14H25NO. The summed E-state index contributed by atoms with van der Waals surface area (Å²) in [6, 6.07) is 4.23. The van der Waals surface area contributed by atoms with Gasteiger partial charge in [0.1, 0.15) is 0 Å². The van der Waals surface area contributed by atoms with Crippen LogP contribution in [0.2, 0.25) is 0 Å². The zero-order valence-electron chi connectivity index (χ0n) is 10.9. The highest BCUT2D eigenvalue weighted by molar-refractivity contribution is 5.16. The summed E-state index contributed by atoms with van der Waals surface area (Å²) in [5.74, 6) is 0.743. The third kappa shape index (κ3) is 3.67. The lowest BCUT2D eigenvalue weighted by Crippen LogP contribution is -2.08. The maximum absolute atomic E-state index is 9.29. The van der Waals surface area contributed by atoms with Crippen LogP contribution in [0.5, 0.6) is 0 Å². The third-order valence-electron chi connectivity index (χ3n) is 3.04. The number of rotatable bonds is 7.